The number of hydrogen-bond acceptors (Lipinski definition) is 7. The van der Waals surface area contributed by atoms with E-state index in [-0.39, 0.29) is 40.3 Å². The number of halogens is 1. The van der Waals surface area contributed by atoms with E-state index in [2.05, 4.69) is 32.0 Å². The van der Waals surface area contributed by atoms with Crippen LogP contribution in [0.2, 0.25) is 0 Å². The standard InChI is InChI=1S/C35H49FN6O3/c1-5-26-18-35(39-32(26)43)11-9-25(10-12-35)20-40-15-13-34(14-16-40)21-41(22-34)31-30(19-37-23-38-31)45-29-8-7-27(36)17-28(29)33(44)42(6-2)24(3)4/h7-8,17,19,23-26H,5-6,9-16,18,20-22H2,1-4H3,(H,39,43). The highest BCUT2D eigenvalue weighted by atomic mass is 19.1. The van der Waals surface area contributed by atoms with Gasteiger partial charge in [-0.2, -0.15) is 0 Å². The zero-order valence-electron chi connectivity index (χ0n) is 27.4. The number of rotatable bonds is 9. The summed E-state index contributed by atoms with van der Waals surface area (Å²) >= 11 is 0. The van der Waals surface area contributed by atoms with Gasteiger partial charge in [0.25, 0.3) is 5.91 Å². The van der Waals surface area contributed by atoms with Crippen LogP contribution in [0.5, 0.6) is 11.5 Å². The summed E-state index contributed by atoms with van der Waals surface area (Å²) in [7, 11) is 0. The molecule has 3 aliphatic heterocycles. The molecule has 6 rings (SSSR count). The van der Waals surface area contributed by atoms with Crippen LogP contribution in [0.3, 0.4) is 0 Å². The molecule has 4 fully saturated rings. The second kappa shape index (κ2) is 12.9. The Morgan fingerprint density at radius 3 is 2.51 bits per heavy atom. The van der Waals surface area contributed by atoms with Crippen molar-refractivity contribution in [3.63, 3.8) is 0 Å². The van der Waals surface area contributed by atoms with Gasteiger partial charge in [-0.05, 0) is 109 Å². The van der Waals surface area contributed by atoms with Gasteiger partial charge in [0.1, 0.15) is 17.9 Å². The Labute approximate surface area is 266 Å². The molecule has 0 bridgehead atoms. The normalized spacial score (nSPS) is 26.3. The third-order valence-corrected chi connectivity index (χ3v) is 11.0. The molecule has 0 radical (unpaired) electrons. The van der Waals surface area contributed by atoms with Crippen molar-refractivity contribution in [1.82, 2.24) is 25.1 Å². The Hall–Kier alpha value is -3.27. The Kier molecular flexibility index (Phi) is 9.05. The first-order valence-electron chi connectivity index (χ1n) is 17.0. The van der Waals surface area contributed by atoms with Gasteiger partial charge in [0.2, 0.25) is 5.91 Å². The van der Waals surface area contributed by atoms with Gasteiger partial charge in [-0.3, -0.25) is 9.59 Å². The van der Waals surface area contributed by atoms with E-state index in [0.717, 1.165) is 71.2 Å². The lowest BCUT2D eigenvalue weighted by molar-refractivity contribution is -0.123. The summed E-state index contributed by atoms with van der Waals surface area (Å²) in [5.74, 6) is 1.92. The Morgan fingerprint density at radius 2 is 1.87 bits per heavy atom. The van der Waals surface area contributed by atoms with E-state index in [1.807, 2.05) is 20.8 Å². The van der Waals surface area contributed by atoms with Crippen molar-refractivity contribution < 1.29 is 18.7 Å². The molecule has 1 aromatic carbocycles. The number of benzene rings is 1. The molecule has 1 saturated carbocycles. The molecule has 1 unspecified atom stereocenters. The van der Waals surface area contributed by atoms with E-state index >= 15 is 0 Å². The number of likely N-dealkylation sites (tertiary alicyclic amines) is 1. The van der Waals surface area contributed by atoms with E-state index in [0.29, 0.717) is 29.8 Å². The molecule has 9 nitrogen and oxygen atoms in total. The van der Waals surface area contributed by atoms with E-state index in [1.165, 1.54) is 37.4 Å². The van der Waals surface area contributed by atoms with Crippen molar-refractivity contribution in [3.05, 3.63) is 42.1 Å². The fourth-order valence-corrected chi connectivity index (χ4v) is 8.25. The van der Waals surface area contributed by atoms with E-state index in [4.69, 9.17) is 4.74 Å². The molecule has 4 heterocycles. The van der Waals surface area contributed by atoms with Gasteiger partial charge in [-0.25, -0.2) is 14.4 Å². The Balaban J connectivity index is 1.03. The van der Waals surface area contributed by atoms with Crippen molar-refractivity contribution in [2.24, 2.45) is 17.3 Å². The molecule has 244 valence electrons. The maximum Gasteiger partial charge on any atom is 0.257 e. The second-order valence-corrected chi connectivity index (χ2v) is 14.3. The van der Waals surface area contributed by atoms with Crippen molar-refractivity contribution in [3.8, 4) is 11.5 Å². The van der Waals surface area contributed by atoms with Crippen LogP contribution in [0.25, 0.3) is 0 Å². The van der Waals surface area contributed by atoms with E-state index in [9.17, 15) is 14.0 Å². The number of anilines is 1. The largest absolute Gasteiger partial charge is 0.451 e. The van der Waals surface area contributed by atoms with Gasteiger partial charge in [0.05, 0.1) is 11.8 Å². The van der Waals surface area contributed by atoms with Crippen LogP contribution in [0.15, 0.2) is 30.7 Å². The maximum atomic E-state index is 14.3. The van der Waals surface area contributed by atoms with Gasteiger partial charge < -0.3 is 24.8 Å². The highest BCUT2D eigenvalue weighted by molar-refractivity contribution is 5.97. The Bertz CT molecular complexity index is 1380. The van der Waals surface area contributed by atoms with Gasteiger partial charge in [0, 0.05) is 49.1 Å². The highest BCUT2D eigenvalue weighted by Gasteiger charge is 2.48. The van der Waals surface area contributed by atoms with Gasteiger partial charge in [-0.15, -0.1) is 0 Å². The first-order valence-corrected chi connectivity index (χ1v) is 17.0. The molecule has 3 saturated heterocycles. The molecule has 1 aliphatic carbocycles. The monoisotopic (exact) mass is 620 g/mol. The number of piperidine rings is 1. The number of nitrogens with zero attached hydrogens (tertiary/aromatic N) is 5. The lowest BCUT2D eigenvalue weighted by atomic mass is 9.71. The molecule has 2 aromatic rings. The lowest BCUT2D eigenvalue weighted by Gasteiger charge is -2.55. The molecule has 1 aromatic heterocycles. The van der Waals surface area contributed by atoms with Crippen LogP contribution in [0, 0.1) is 23.1 Å². The fraction of sp³-hybridized carbons (Fsp3) is 0.657. The molecule has 1 atom stereocenters. The first kappa shape index (κ1) is 31.7. The molecule has 1 N–H and O–H groups in total. The number of amides is 2. The minimum atomic E-state index is -0.481. The third kappa shape index (κ3) is 6.53. The molecule has 10 heteroatoms. The van der Waals surface area contributed by atoms with Gasteiger partial charge in [-0.1, -0.05) is 6.92 Å². The predicted octanol–water partition coefficient (Wildman–Crippen LogP) is 5.66. The van der Waals surface area contributed by atoms with Crippen molar-refractivity contribution >= 4 is 17.6 Å². The van der Waals surface area contributed by atoms with Gasteiger partial charge >= 0.3 is 0 Å². The SMILES string of the molecule is CCC1CC2(CCC(CN3CCC4(CC3)CN(c3ncncc3Oc3ccc(F)cc3C(=O)N(CC)C(C)C)C4)CC2)NC1=O. The highest BCUT2D eigenvalue weighted by Crippen LogP contribution is 2.46. The van der Waals surface area contributed by atoms with E-state index in [1.54, 1.807) is 11.1 Å². The molecular weight excluding hydrogens is 571 g/mol. The summed E-state index contributed by atoms with van der Waals surface area (Å²) in [6.07, 6.45) is 12.1. The quantitative estimate of drug-likeness (QED) is 0.387. The van der Waals surface area contributed by atoms with Crippen molar-refractivity contribution in [2.75, 3.05) is 44.2 Å². The summed E-state index contributed by atoms with van der Waals surface area (Å²) in [6.45, 7) is 13.6. The summed E-state index contributed by atoms with van der Waals surface area (Å²) in [5, 5.41) is 3.37. The summed E-state index contributed by atoms with van der Waals surface area (Å²) in [5.41, 5.74) is 0.532. The molecular formula is C35H49FN6O3. The van der Waals surface area contributed by atoms with Crippen LogP contribution in [0.1, 0.15) is 89.4 Å². The minimum absolute atomic E-state index is 0.0254. The maximum absolute atomic E-state index is 14.3. The molecule has 4 aliphatic rings. The first-order chi connectivity index (χ1) is 21.6. The summed E-state index contributed by atoms with van der Waals surface area (Å²) < 4.78 is 20.5. The summed E-state index contributed by atoms with van der Waals surface area (Å²) in [6, 6.07) is 4.05. The third-order valence-electron chi connectivity index (χ3n) is 11.0. The van der Waals surface area contributed by atoms with Crippen LogP contribution in [0.4, 0.5) is 10.2 Å². The van der Waals surface area contributed by atoms with Crippen LogP contribution < -0.4 is 15.0 Å². The Morgan fingerprint density at radius 1 is 1.13 bits per heavy atom. The summed E-state index contributed by atoms with van der Waals surface area (Å²) in [4.78, 5) is 41.0. The van der Waals surface area contributed by atoms with Gasteiger partial charge in [0.15, 0.2) is 11.6 Å². The number of carbonyl (C=O) groups is 2. The van der Waals surface area contributed by atoms with Crippen LogP contribution in [-0.4, -0.2) is 82.4 Å². The molecule has 2 amide bonds. The van der Waals surface area contributed by atoms with Crippen molar-refractivity contribution in [2.45, 2.75) is 90.6 Å². The number of carbonyl (C=O) groups excluding carboxylic acids is 2. The average molecular weight is 621 g/mol. The zero-order valence-corrected chi connectivity index (χ0v) is 27.4. The minimum Gasteiger partial charge on any atom is -0.451 e. The topological polar surface area (TPSA) is 90.9 Å². The lowest BCUT2D eigenvalue weighted by Crippen LogP contribution is -2.61. The zero-order chi connectivity index (χ0) is 31.8. The van der Waals surface area contributed by atoms with Crippen molar-refractivity contribution in [1.29, 1.82) is 0 Å². The van der Waals surface area contributed by atoms with Crippen LogP contribution >= 0.6 is 0 Å². The fourth-order valence-electron chi connectivity index (χ4n) is 8.25. The molecule has 45 heavy (non-hydrogen) atoms. The van der Waals surface area contributed by atoms with Crippen LogP contribution in [-0.2, 0) is 4.79 Å². The number of hydrogen-bond donors (Lipinski definition) is 1. The molecule has 2 spiro atoms. The van der Waals surface area contributed by atoms with E-state index < -0.39 is 5.82 Å². The number of ether oxygens (including phenoxy) is 1. The number of aromatic nitrogens is 2. The average Bonchev–Trinajstić information content (AvgIpc) is 3.33. The number of nitrogens with one attached hydrogen (secondary N) is 1. The smallest absolute Gasteiger partial charge is 0.257 e. The predicted molar refractivity (Wildman–Crippen MR) is 172 cm³/mol. The second-order valence-electron chi connectivity index (χ2n) is 14.3.